The molecule has 0 aliphatic heterocycles. The van der Waals surface area contributed by atoms with Crippen molar-refractivity contribution in [2.45, 2.75) is 12.8 Å². The van der Waals surface area contributed by atoms with Crippen LogP contribution in [-0.2, 0) is 4.79 Å². The topological polar surface area (TPSA) is 105 Å². The molecule has 8 nitrogen and oxygen atoms in total. The van der Waals surface area contributed by atoms with E-state index in [9.17, 15) is 19.7 Å². The maximum Gasteiger partial charge on any atom is 0.293 e. The smallest absolute Gasteiger partial charge is 0.293 e. The molecular weight excluding hydrogens is 348 g/mol. The van der Waals surface area contributed by atoms with Crippen molar-refractivity contribution in [3.63, 3.8) is 0 Å². The van der Waals surface area contributed by atoms with Gasteiger partial charge in [0.1, 0.15) is 5.69 Å². The molecule has 2 aromatic rings. The molecule has 1 saturated carbocycles. The fraction of sp³-hybridized carbons (Fsp3) is 0.263. The molecular formula is C19H20N4O4. The van der Waals surface area contributed by atoms with E-state index in [0.717, 1.165) is 12.8 Å². The zero-order valence-corrected chi connectivity index (χ0v) is 15.1. The molecule has 0 aromatic heterocycles. The van der Waals surface area contributed by atoms with Crippen LogP contribution in [0, 0.1) is 16.0 Å². The standard InChI is InChI=1S/C19H20N4O4/c1-22(2)16-9-8-13(10-17(16)23(26)27)19(25)21-15-5-3-4-14(11-15)20-18(24)12-6-7-12/h3-5,8-12H,6-7H2,1-2H3,(H,20,24)(H,21,25). The van der Waals surface area contributed by atoms with Crippen LogP contribution in [0.3, 0.4) is 0 Å². The Morgan fingerprint density at radius 2 is 1.74 bits per heavy atom. The summed E-state index contributed by atoms with van der Waals surface area (Å²) in [7, 11) is 3.40. The van der Waals surface area contributed by atoms with Crippen molar-refractivity contribution in [2.75, 3.05) is 29.6 Å². The van der Waals surface area contributed by atoms with Crippen molar-refractivity contribution in [1.29, 1.82) is 0 Å². The number of anilines is 3. The van der Waals surface area contributed by atoms with Crippen LogP contribution in [0.2, 0.25) is 0 Å². The van der Waals surface area contributed by atoms with Gasteiger partial charge in [-0.1, -0.05) is 6.07 Å². The van der Waals surface area contributed by atoms with Gasteiger partial charge in [-0.05, 0) is 43.2 Å². The van der Waals surface area contributed by atoms with Crippen LogP contribution < -0.4 is 15.5 Å². The first-order chi connectivity index (χ1) is 12.8. The molecule has 0 bridgehead atoms. The number of rotatable bonds is 6. The van der Waals surface area contributed by atoms with E-state index >= 15 is 0 Å². The largest absolute Gasteiger partial charge is 0.372 e. The minimum Gasteiger partial charge on any atom is -0.372 e. The summed E-state index contributed by atoms with van der Waals surface area (Å²) < 4.78 is 0. The summed E-state index contributed by atoms with van der Waals surface area (Å²) in [5.41, 5.74) is 1.55. The molecule has 0 heterocycles. The highest BCUT2D eigenvalue weighted by atomic mass is 16.6. The number of carbonyl (C=O) groups is 2. The van der Waals surface area contributed by atoms with E-state index in [1.807, 2.05) is 0 Å². The first kappa shape index (κ1) is 18.4. The van der Waals surface area contributed by atoms with Crippen molar-refractivity contribution in [3.05, 3.63) is 58.1 Å². The molecule has 0 saturated heterocycles. The second-order valence-electron chi connectivity index (χ2n) is 6.65. The Balaban J connectivity index is 1.76. The van der Waals surface area contributed by atoms with E-state index in [0.29, 0.717) is 17.1 Å². The van der Waals surface area contributed by atoms with Crippen molar-refractivity contribution in [1.82, 2.24) is 0 Å². The number of benzene rings is 2. The molecule has 2 aromatic carbocycles. The minimum absolute atomic E-state index is 0.0200. The normalized spacial score (nSPS) is 13.0. The molecule has 0 unspecified atom stereocenters. The van der Waals surface area contributed by atoms with E-state index in [1.54, 1.807) is 49.3 Å². The second-order valence-corrected chi connectivity index (χ2v) is 6.65. The molecule has 140 valence electrons. The highest BCUT2D eigenvalue weighted by Crippen LogP contribution is 2.31. The van der Waals surface area contributed by atoms with Crippen molar-refractivity contribution >= 4 is 34.6 Å². The summed E-state index contributed by atoms with van der Waals surface area (Å²) >= 11 is 0. The SMILES string of the molecule is CN(C)c1ccc(C(=O)Nc2cccc(NC(=O)C3CC3)c2)cc1[N+](=O)[O-]. The lowest BCUT2D eigenvalue weighted by Crippen LogP contribution is -2.16. The average molecular weight is 368 g/mol. The van der Waals surface area contributed by atoms with E-state index in [4.69, 9.17) is 0 Å². The predicted octanol–water partition coefficient (Wildman–Crippen LogP) is 3.26. The van der Waals surface area contributed by atoms with Gasteiger partial charge in [0.05, 0.1) is 4.92 Å². The number of hydrogen-bond donors (Lipinski definition) is 2. The van der Waals surface area contributed by atoms with Gasteiger partial charge in [0.25, 0.3) is 11.6 Å². The van der Waals surface area contributed by atoms with E-state index in [2.05, 4.69) is 10.6 Å². The van der Waals surface area contributed by atoms with Crippen molar-refractivity contribution in [3.8, 4) is 0 Å². The van der Waals surface area contributed by atoms with Gasteiger partial charge < -0.3 is 15.5 Å². The zero-order chi connectivity index (χ0) is 19.6. The highest BCUT2D eigenvalue weighted by Gasteiger charge is 2.29. The van der Waals surface area contributed by atoms with Gasteiger partial charge in [-0.15, -0.1) is 0 Å². The number of hydrogen-bond acceptors (Lipinski definition) is 5. The third-order valence-electron chi connectivity index (χ3n) is 4.25. The molecule has 0 atom stereocenters. The monoisotopic (exact) mass is 368 g/mol. The van der Waals surface area contributed by atoms with Gasteiger partial charge in [-0.2, -0.15) is 0 Å². The van der Waals surface area contributed by atoms with Crippen LogP contribution in [0.1, 0.15) is 23.2 Å². The number of nitrogens with one attached hydrogen (secondary N) is 2. The molecule has 8 heteroatoms. The van der Waals surface area contributed by atoms with Crippen LogP contribution in [-0.4, -0.2) is 30.8 Å². The Morgan fingerprint density at radius 1 is 1.07 bits per heavy atom. The maximum absolute atomic E-state index is 12.5. The number of nitrogens with zero attached hydrogens (tertiary/aromatic N) is 2. The van der Waals surface area contributed by atoms with Gasteiger partial charge in [0.2, 0.25) is 5.91 Å². The van der Waals surface area contributed by atoms with Gasteiger partial charge >= 0.3 is 0 Å². The molecule has 1 aliphatic carbocycles. The Bertz CT molecular complexity index is 906. The first-order valence-electron chi connectivity index (χ1n) is 8.53. The third kappa shape index (κ3) is 4.41. The average Bonchev–Trinajstić information content (AvgIpc) is 3.46. The van der Waals surface area contributed by atoms with Crippen molar-refractivity contribution in [2.24, 2.45) is 5.92 Å². The van der Waals surface area contributed by atoms with E-state index in [1.165, 1.54) is 12.1 Å². The Hall–Kier alpha value is -3.42. The summed E-state index contributed by atoms with van der Waals surface area (Å²) in [6.45, 7) is 0. The van der Waals surface area contributed by atoms with Gasteiger partial charge in [-0.25, -0.2) is 0 Å². The molecule has 1 aliphatic rings. The molecule has 0 radical (unpaired) electrons. The number of nitro groups is 1. The third-order valence-corrected chi connectivity index (χ3v) is 4.25. The quantitative estimate of drug-likeness (QED) is 0.601. The minimum atomic E-state index is -0.514. The van der Waals surface area contributed by atoms with E-state index in [-0.39, 0.29) is 23.1 Å². The van der Waals surface area contributed by atoms with Gasteiger partial charge in [0.15, 0.2) is 0 Å². The number of carbonyl (C=O) groups excluding carboxylic acids is 2. The first-order valence-corrected chi connectivity index (χ1v) is 8.53. The zero-order valence-electron chi connectivity index (χ0n) is 15.1. The van der Waals surface area contributed by atoms with Crippen LogP contribution in [0.4, 0.5) is 22.7 Å². The van der Waals surface area contributed by atoms with Crippen molar-refractivity contribution < 1.29 is 14.5 Å². The molecule has 2 N–H and O–H groups in total. The fourth-order valence-corrected chi connectivity index (χ4v) is 2.66. The highest BCUT2D eigenvalue weighted by molar-refractivity contribution is 6.05. The fourth-order valence-electron chi connectivity index (χ4n) is 2.66. The summed E-state index contributed by atoms with van der Waals surface area (Å²) in [4.78, 5) is 36.7. The van der Waals surface area contributed by atoms with Crippen LogP contribution in [0.15, 0.2) is 42.5 Å². The molecule has 2 amide bonds. The lowest BCUT2D eigenvalue weighted by atomic mass is 10.1. The number of amides is 2. The Kier molecular flexibility index (Phi) is 5.07. The lowest BCUT2D eigenvalue weighted by molar-refractivity contribution is -0.384. The molecule has 27 heavy (non-hydrogen) atoms. The second kappa shape index (κ2) is 7.45. The lowest BCUT2D eigenvalue weighted by Gasteiger charge is -2.13. The Labute approximate surface area is 156 Å². The van der Waals surface area contributed by atoms with Crippen LogP contribution in [0.25, 0.3) is 0 Å². The maximum atomic E-state index is 12.5. The molecule has 1 fully saturated rings. The summed E-state index contributed by atoms with van der Waals surface area (Å²) in [6.07, 6.45) is 1.81. The predicted molar refractivity (Wildman–Crippen MR) is 103 cm³/mol. The number of nitro benzene ring substituents is 1. The van der Waals surface area contributed by atoms with E-state index < -0.39 is 10.8 Å². The summed E-state index contributed by atoms with van der Waals surface area (Å²) in [6, 6.07) is 11.1. The summed E-state index contributed by atoms with van der Waals surface area (Å²) in [5.74, 6) is -0.401. The van der Waals surface area contributed by atoms with Gasteiger partial charge in [-0.3, -0.25) is 19.7 Å². The molecule has 3 rings (SSSR count). The van der Waals surface area contributed by atoms with Crippen LogP contribution >= 0.6 is 0 Å². The Morgan fingerprint density at radius 3 is 2.33 bits per heavy atom. The van der Waals surface area contributed by atoms with Gasteiger partial charge in [0, 0.05) is 43.0 Å². The molecule has 0 spiro atoms. The van der Waals surface area contributed by atoms with Crippen LogP contribution in [0.5, 0.6) is 0 Å². The summed E-state index contributed by atoms with van der Waals surface area (Å²) in [5, 5.41) is 16.8.